The lowest BCUT2D eigenvalue weighted by Crippen LogP contribution is -2.49. The smallest absolute Gasteiger partial charge is 0.230 e. The van der Waals surface area contributed by atoms with Crippen LogP contribution in [0.2, 0.25) is 0 Å². The number of hydrogen-bond acceptors (Lipinski definition) is 2. The van der Waals surface area contributed by atoms with E-state index in [1.54, 1.807) is 0 Å². The Labute approximate surface area is 146 Å². The third kappa shape index (κ3) is 3.72. The quantitative estimate of drug-likeness (QED) is 0.909. The van der Waals surface area contributed by atoms with Gasteiger partial charge < -0.3 is 10.6 Å². The van der Waals surface area contributed by atoms with Gasteiger partial charge in [-0.15, -0.1) is 12.4 Å². The highest BCUT2D eigenvalue weighted by Crippen LogP contribution is 2.42. The first-order valence-electron chi connectivity index (χ1n) is 8.73. The predicted octanol–water partition coefficient (Wildman–Crippen LogP) is 3.92. The summed E-state index contributed by atoms with van der Waals surface area (Å²) < 4.78 is 0. The number of fused-ring (bicyclic) bond motifs is 2. The SMILES string of the molecule is CCN(C(=O)C1CC2CCCC(C1)C2N)c1ccc(C)cc1.Cl. The molecule has 0 spiro atoms. The van der Waals surface area contributed by atoms with Crippen molar-refractivity contribution in [3.05, 3.63) is 29.8 Å². The van der Waals surface area contributed by atoms with Crippen LogP contribution in [-0.4, -0.2) is 18.5 Å². The minimum absolute atomic E-state index is 0. The summed E-state index contributed by atoms with van der Waals surface area (Å²) in [5.41, 5.74) is 8.61. The summed E-state index contributed by atoms with van der Waals surface area (Å²) in [6.07, 6.45) is 5.67. The van der Waals surface area contributed by atoms with E-state index >= 15 is 0 Å². The molecule has 1 aromatic rings. The van der Waals surface area contributed by atoms with Crippen molar-refractivity contribution >= 4 is 24.0 Å². The van der Waals surface area contributed by atoms with Crippen molar-refractivity contribution in [3.63, 3.8) is 0 Å². The Balaban J connectivity index is 0.00000192. The first-order chi connectivity index (χ1) is 10.6. The molecule has 2 unspecified atom stereocenters. The molecule has 3 rings (SSSR count). The summed E-state index contributed by atoms with van der Waals surface area (Å²) in [5.74, 6) is 1.57. The van der Waals surface area contributed by atoms with Gasteiger partial charge >= 0.3 is 0 Å². The summed E-state index contributed by atoms with van der Waals surface area (Å²) in [6.45, 7) is 4.87. The van der Waals surface area contributed by atoms with Crippen LogP contribution < -0.4 is 10.6 Å². The van der Waals surface area contributed by atoms with E-state index in [2.05, 4.69) is 38.1 Å². The molecule has 2 N–H and O–H groups in total. The van der Waals surface area contributed by atoms with Crippen LogP contribution in [0.1, 0.15) is 44.6 Å². The van der Waals surface area contributed by atoms with Crippen molar-refractivity contribution in [2.45, 2.75) is 52.0 Å². The van der Waals surface area contributed by atoms with E-state index in [1.165, 1.54) is 24.8 Å². The molecule has 0 radical (unpaired) electrons. The Morgan fingerprint density at radius 2 is 1.74 bits per heavy atom. The highest BCUT2D eigenvalue weighted by molar-refractivity contribution is 5.95. The van der Waals surface area contributed by atoms with Gasteiger partial charge in [0, 0.05) is 24.2 Å². The molecule has 0 aromatic heterocycles. The summed E-state index contributed by atoms with van der Waals surface area (Å²) in [7, 11) is 0. The maximum absolute atomic E-state index is 13.0. The van der Waals surface area contributed by atoms with Crippen molar-refractivity contribution in [2.75, 3.05) is 11.4 Å². The molecule has 2 atom stereocenters. The van der Waals surface area contributed by atoms with Gasteiger partial charge in [-0.25, -0.2) is 0 Å². The van der Waals surface area contributed by atoms with Crippen LogP contribution in [0.15, 0.2) is 24.3 Å². The van der Waals surface area contributed by atoms with Gasteiger partial charge in [0.15, 0.2) is 0 Å². The monoisotopic (exact) mass is 336 g/mol. The summed E-state index contributed by atoms with van der Waals surface area (Å²) >= 11 is 0. The molecule has 4 heteroatoms. The number of aryl methyl sites for hydroxylation is 1. The first kappa shape index (κ1) is 18.3. The maximum Gasteiger partial charge on any atom is 0.230 e. The molecule has 2 saturated carbocycles. The lowest BCUT2D eigenvalue weighted by atomic mass is 9.65. The second kappa shape index (κ2) is 7.67. The Bertz CT molecular complexity index is 517. The normalized spacial score (nSPS) is 29.5. The number of nitrogens with two attached hydrogens (primary N) is 1. The first-order valence-corrected chi connectivity index (χ1v) is 8.73. The Morgan fingerprint density at radius 3 is 2.26 bits per heavy atom. The van der Waals surface area contributed by atoms with E-state index in [4.69, 9.17) is 5.73 Å². The molecule has 0 heterocycles. The topological polar surface area (TPSA) is 46.3 Å². The highest BCUT2D eigenvalue weighted by Gasteiger charge is 2.41. The minimum atomic E-state index is 0. The van der Waals surface area contributed by atoms with Crippen LogP contribution in [0.25, 0.3) is 0 Å². The molecular formula is C19H29ClN2O. The maximum atomic E-state index is 13.0. The van der Waals surface area contributed by atoms with E-state index in [1.807, 2.05) is 4.90 Å². The van der Waals surface area contributed by atoms with E-state index < -0.39 is 0 Å². The molecule has 1 amide bonds. The Kier molecular flexibility index (Phi) is 6.10. The predicted molar refractivity (Wildman–Crippen MR) is 98.0 cm³/mol. The van der Waals surface area contributed by atoms with Crippen LogP contribution in [-0.2, 0) is 4.79 Å². The molecule has 2 fully saturated rings. The third-order valence-corrected chi connectivity index (χ3v) is 5.69. The number of carbonyl (C=O) groups excluding carboxylic acids is 1. The number of hydrogen-bond donors (Lipinski definition) is 1. The van der Waals surface area contributed by atoms with E-state index in [-0.39, 0.29) is 18.3 Å². The lowest BCUT2D eigenvalue weighted by molar-refractivity contribution is -0.125. The largest absolute Gasteiger partial charge is 0.327 e. The average molecular weight is 337 g/mol. The van der Waals surface area contributed by atoms with Crippen molar-refractivity contribution in [3.8, 4) is 0 Å². The van der Waals surface area contributed by atoms with Gasteiger partial charge in [-0.1, -0.05) is 24.1 Å². The number of halogens is 1. The molecule has 0 saturated heterocycles. The number of carbonyl (C=O) groups is 1. The molecule has 0 aliphatic heterocycles. The van der Waals surface area contributed by atoms with Gasteiger partial charge in [0.05, 0.1) is 0 Å². The summed E-state index contributed by atoms with van der Waals surface area (Å²) in [4.78, 5) is 15.0. The number of rotatable bonds is 3. The van der Waals surface area contributed by atoms with Crippen LogP contribution >= 0.6 is 12.4 Å². The second-order valence-corrected chi connectivity index (χ2v) is 7.11. The van der Waals surface area contributed by atoms with Crippen LogP contribution in [0.5, 0.6) is 0 Å². The van der Waals surface area contributed by atoms with Gasteiger partial charge in [-0.2, -0.15) is 0 Å². The number of anilines is 1. The van der Waals surface area contributed by atoms with E-state index in [0.29, 0.717) is 23.8 Å². The highest BCUT2D eigenvalue weighted by atomic mass is 35.5. The standard InChI is InChI=1S/C19H28N2O.ClH/c1-3-21(17-9-7-13(2)8-10-17)19(22)16-11-14-5-4-6-15(12-16)18(14)20;/h7-10,14-16,18H,3-6,11-12,20H2,1-2H3;1H. The molecule has 128 valence electrons. The van der Waals surface area contributed by atoms with Gasteiger partial charge in [0.1, 0.15) is 0 Å². The molecule has 3 nitrogen and oxygen atoms in total. The van der Waals surface area contributed by atoms with Gasteiger partial charge in [0.25, 0.3) is 0 Å². The zero-order valence-electron chi connectivity index (χ0n) is 14.2. The van der Waals surface area contributed by atoms with Crippen molar-refractivity contribution < 1.29 is 4.79 Å². The zero-order valence-corrected chi connectivity index (χ0v) is 15.0. The third-order valence-electron chi connectivity index (χ3n) is 5.69. The molecular weight excluding hydrogens is 308 g/mol. The van der Waals surface area contributed by atoms with Gasteiger partial charge in [-0.3, -0.25) is 4.79 Å². The molecule has 23 heavy (non-hydrogen) atoms. The van der Waals surface area contributed by atoms with Crippen LogP contribution in [0, 0.1) is 24.7 Å². The molecule has 2 bridgehead atoms. The Morgan fingerprint density at radius 1 is 1.17 bits per heavy atom. The van der Waals surface area contributed by atoms with Crippen molar-refractivity contribution in [2.24, 2.45) is 23.5 Å². The molecule has 1 aromatic carbocycles. The van der Waals surface area contributed by atoms with Crippen molar-refractivity contribution in [1.82, 2.24) is 0 Å². The molecule has 2 aliphatic carbocycles. The average Bonchev–Trinajstić information content (AvgIpc) is 2.49. The number of nitrogens with zero attached hydrogens (tertiary/aromatic N) is 1. The van der Waals surface area contributed by atoms with E-state index in [9.17, 15) is 4.79 Å². The number of amides is 1. The number of benzene rings is 1. The summed E-state index contributed by atoms with van der Waals surface area (Å²) in [5, 5.41) is 0. The fourth-order valence-electron chi connectivity index (χ4n) is 4.40. The fourth-order valence-corrected chi connectivity index (χ4v) is 4.40. The van der Waals surface area contributed by atoms with E-state index in [0.717, 1.165) is 25.1 Å². The fraction of sp³-hybridized carbons (Fsp3) is 0.632. The minimum Gasteiger partial charge on any atom is -0.327 e. The van der Waals surface area contributed by atoms with Crippen LogP contribution in [0.4, 0.5) is 5.69 Å². The van der Waals surface area contributed by atoms with Gasteiger partial charge in [-0.05, 0) is 63.5 Å². The molecule has 2 aliphatic rings. The van der Waals surface area contributed by atoms with Gasteiger partial charge in [0.2, 0.25) is 5.91 Å². The zero-order chi connectivity index (χ0) is 15.7. The second-order valence-electron chi connectivity index (χ2n) is 7.11. The summed E-state index contributed by atoms with van der Waals surface area (Å²) in [6, 6.07) is 8.61. The van der Waals surface area contributed by atoms with Crippen LogP contribution in [0.3, 0.4) is 0 Å². The van der Waals surface area contributed by atoms with Crippen molar-refractivity contribution in [1.29, 1.82) is 0 Å². The lowest BCUT2D eigenvalue weighted by Gasteiger charge is -2.44. The Hall–Kier alpha value is -1.06.